The van der Waals surface area contributed by atoms with Crippen LogP contribution >= 0.6 is 44.2 Å². The summed E-state index contributed by atoms with van der Waals surface area (Å²) in [5.41, 5.74) is 15.0. The molecule has 0 radical (unpaired) electrons. The number of methoxy groups -OCH3 is 1. The lowest BCUT2D eigenvalue weighted by Gasteiger charge is -2.24. The number of benzene rings is 3. The molecule has 3 aromatic heterocycles. The molecular formula is C62H67F2IN10O10S2. The summed E-state index contributed by atoms with van der Waals surface area (Å²) in [7, 11) is 4.15. The van der Waals surface area contributed by atoms with Gasteiger partial charge in [-0.3, -0.25) is 38.7 Å². The highest BCUT2D eigenvalue weighted by Gasteiger charge is 2.48. The SMILES string of the molecule is COc1ncc(-c2ccc3nccc(-c4ccc(COC(=O)OCCSSCC(NC(=O)CCc5cccc6c5CN(C(=O)C[C@@H]5C[C@@H](C(=O)N7CC(F)(F)C[C@H]7C)NC5=O)C6)C(=O)NCCNC(=O)CCCc5ccc(I)cc5)nc4)c3c2)cc1N. The number of rotatable bonds is 26. The first kappa shape index (κ1) is 63.8. The molecule has 25 heteroatoms. The molecule has 2 saturated heterocycles. The van der Waals surface area contributed by atoms with Gasteiger partial charge in [0, 0.05) is 114 Å². The average Bonchev–Trinajstić information content (AvgIpc) is 3.02. The van der Waals surface area contributed by atoms with Gasteiger partial charge in [0.1, 0.15) is 25.3 Å². The van der Waals surface area contributed by atoms with Crippen molar-refractivity contribution < 1.29 is 56.6 Å². The van der Waals surface area contributed by atoms with Crippen molar-refractivity contribution in [3.8, 4) is 28.1 Å². The highest BCUT2D eigenvalue weighted by molar-refractivity contribution is 14.1. The predicted molar refractivity (Wildman–Crippen MR) is 335 cm³/mol. The molecule has 0 spiro atoms. The van der Waals surface area contributed by atoms with Gasteiger partial charge in [-0.25, -0.2) is 18.6 Å². The van der Waals surface area contributed by atoms with Crippen LogP contribution in [0.15, 0.2) is 104 Å². The van der Waals surface area contributed by atoms with Crippen LogP contribution in [0.3, 0.4) is 0 Å². The Bertz CT molecular complexity index is 3500. The molecule has 0 saturated carbocycles. The second-order valence-electron chi connectivity index (χ2n) is 21.6. The Morgan fingerprint density at radius 3 is 2.43 bits per heavy atom. The van der Waals surface area contributed by atoms with E-state index in [0.29, 0.717) is 42.3 Å². The molecule has 87 heavy (non-hydrogen) atoms. The molecule has 3 aromatic carbocycles. The fourth-order valence-corrected chi connectivity index (χ4v) is 13.1. The van der Waals surface area contributed by atoms with E-state index in [4.69, 9.17) is 19.9 Å². The number of carbonyl (C=O) groups excluding carboxylic acids is 7. The first-order chi connectivity index (χ1) is 41.9. The lowest BCUT2D eigenvalue weighted by molar-refractivity contribution is -0.136. The molecular weight excluding hydrogens is 1270 g/mol. The number of nitrogen functional groups attached to an aromatic ring is 1. The molecule has 9 rings (SSSR count). The van der Waals surface area contributed by atoms with Crippen LogP contribution in [-0.2, 0) is 70.8 Å². The van der Waals surface area contributed by atoms with E-state index >= 15 is 0 Å². The van der Waals surface area contributed by atoms with E-state index in [0.717, 1.165) is 70.3 Å². The number of alkyl halides is 2. The maximum atomic E-state index is 14.1. The van der Waals surface area contributed by atoms with Gasteiger partial charge in [0.15, 0.2) is 0 Å². The fourth-order valence-electron chi connectivity index (χ4n) is 10.8. The van der Waals surface area contributed by atoms with Crippen LogP contribution in [0.5, 0.6) is 5.88 Å². The number of hydrogen-bond acceptors (Lipinski definition) is 16. The highest BCUT2D eigenvalue weighted by atomic mass is 127. The zero-order valence-corrected chi connectivity index (χ0v) is 51.8. The van der Waals surface area contributed by atoms with Gasteiger partial charge in [0.2, 0.25) is 41.3 Å². The number of likely N-dealkylation sites (tertiary alicyclic amines) is 1. The molecule has 6 heterocycles. The predicted octanol–water partition coefficient (Wildman–Crippen LogP) is 7.95. The smallest absolute Gasteiger partial charge is 0.480 e. The van der Waals surface area contributed by atoms with Crippen molar-refractivity contribution in [2.75, 3.05) is 50.6 Å². The number of nitrogens with one attached hydrogen (secondary N) is 4. The van der Waals surface area contributed by atoms with Crippen LogP contribution in [-0.4, -0.2) is 135 Å². The summed E-state index contributed by atoms with van der Waals surface area (Å²) in [6.45, 7) is 1.55. The first-order valence-electron chi connectivity index (χ1n) is 28.5. The summed E-state index contributed by atoms with van der Waals surface area (Å²) in [6.07, 6.45) is 5.73. The van der Waals surface area contributed by atoms with Gasteiger partial charge in [-0.2, -0.15) is 0 Å². The minimum atomic E-state index is -3.00. The second-order valence-corrected chi connectivity index (χ2v) is 25.4. The van der Waals surface area contributed by atoms with Gasteiger partial charge in [0.25, 0.3) is 5.92 Å². The molecule has 1 unspecified atom stereocenters. The average molecular weight is 1340 g/mol. The Hall–Kier alpha value is -7.65. The van der Waals surface area contributed by atoms with Crippen molar-refractivity contribution in [2.45, 2.75) is 102 Å². The lowest BCUT2D eigenvalue weighted by Crippen LogP contribution is -2.49. The number of nitrogens with two attached hydrogens (primary N) is 1. The third-order valence-corrected chi connectivity index (χ3v) is 18.4. The van der Waals surface area contributed by atoms with Gasteiger partial charge in [-0.05, 0) is 131 Å². The summed E-state index contributed by atoms with van der Waals surface area (Å²) in [6, 6.07) is 24.4. The molecule has 458 valence electrons. The van der Waals surface area contributed by atoms with E-state index < -0.39 is 72.7 Å². The van der Waals surface area contributed by atoms with E-state index in [1.807, 2.05) is 72.8 Å². The monoisotopic (exact) mass is 1340 g/mol. The van der Waals surface area contributed by atoms with Crippen molar-refractivity contribution in [1.82, 2.24) is 46.0 Å². The number of anilines is 1. The van der Waals surface area contributed by atoms with Crippen molar-refractivity contribution in [1.29, 1.82) is 0 Å². The molecule has 6 N–H and O–H groups in total. The van der Waals surface area contributed by atoms with Crippen LogP contribution in [0.25, 0.3) is 33.2 Å². The maximum absolute atomic E-state index is 14.1. The van der Waals surface area contributed by atoms with E-state index in [1.54, 1.807) is 42.5 Å². The lowest BCUT2D eigenvalue weighted by atomic mass is 9.98. The zero-order valence-electron chi connectivity index (χ0n) is 48.0. The first-order valence-corrected chi connectivity index (χ1v) is 32.1. The summed E-state index contributed by atoms with van der Waals surface area (Å²) in [5, 5.41) is 12.1. The number of aromatic nitrogens is 3. The minimum absolute atomic E-state index is 0.00141. The van der Waals surface area contributed by atoms with Crippen LogP contribution in [0.4, 0.5) is 19.3 Å². The summed E-state index contributed by atoms with van der Waals surface area (Å²) >= 11 is 2.25. The van der Waals surface area contributed by atoms with E-state index in [1.165, 1.54) is 28.7 Å². The number of halogens is 3. The van der Waals surface area contributed by atoms with Gasteiger partial charge >= 0.3 is 6.16 Å². The van der Waals surface area contributed by atoms with Crippen LogP contribution in [0, 0.1) is 9.49 Å². The number of fused-ring (bicyclic) bond motifs is 2. The number of pyridine rings is 3. The molecule has 3 aliphatic rings. The molecule has 3 aliphatic heterocycles. The van der Waals surface area contributed by atoms with E-state index in [9.17, 15) is 42.3 Å². The van der Waals surface area contributed by atoms with Gasteiger partial charge in [-0.1, -0.05) is 64.1 Å². The zero-order chi connectivity index (χ0) is 61.6. The molecule has 6 aromatic rings. The Labute approximate surface area is 523 Å². The number of carbonyl (C=O) groups is 7. The molecule has 6 amide bonds. The van der Waals surface area contributed by atoms with Gasteiger partial charge < -0.3 is 51.0 Å². The van der Waals surface area contributed by atoms with Gasteiger partial charge in [0.05, 0.1) is 30.6 Å². The van der Waals surface area contributed by atoms with Crippen molar-refractivity contribution in [3.63, 3.8) is 0 Å². The Morgan fingerprint density at radius 2 is 1.67 bits per heavy atom. The number of nitrogens with zero attached hydrogens (tertiary/aromatic N) is 5. The van der Waals surface area contributed by atoms with Crippen molar-refractivity contribution in [3.05, 3.63) is 135 Å². The van der Waals surface area contributed by atoms with Crippen molar-refractivity contribution >= 4 is 102 Å². The maximum Gasteiger partial charge on any atom is 0.508 e. The van der Waals surface area contributed by atoms with Crippen molar-refractivity contribution in [2.24, 2.45) is 5.92 Å². The fraction of sp³-hybridized carbons (Fsp3) is 0.387. The largest absolute Gasteiger partial charge is 0.508 e. The third kappa shape index (κ3) is 17.3. The topological polar surface area (TPSA) is 266 Å². The Balaban J connectivity index is 0.726. The second kappa shape index (κ2) is 29.8. The number of hydrogen-bond donors (Lipinski definition) is 5. The molecule has 0 bridgehead atoms. The summed E-state index contributed by atoms with van der Waals surface area (Å²) < 4.78 is 45.1. The molecule has 2 fully saturated rings. The quantitative estimate of drug-likeness (QED) is 0.0149. The van der Waals surface area contributed by atoms with Crippen LogP contribution in [0.2, 0.25) is 0 Å². The van der Waals surface area contributed by atoms with Crippen LogP contribution < -0.4 is 31.7 Å². The van der Waals surface area contributed by atoms with E-state index in [-0.39, 0.29) is 76.2 Å². The standard InChI is InChI=1S/C62H67F2IN10O10S2/c1-37-29-62(63,64)36-75(37)60(81)52-27-43(57(79)73-52)28-56(78)74-32-42-7-4-6-39(49(42)33-74)13-18-55(77)72-53(58(80)69-22-21-68-54(76)8-3-5-38-9-14-45(65)15-10-38)35-87-86-24-23-84-61(82)85-34-46-16-11-41(30-70-46)47-19-20-67-51-17-12-40(25-48(47)51)44-26-50(66)59(83-2)71-31-44/h4,6-7,9-12,14-17,19-20,25-26,30-31,37,43,52-53H,3,5,8,13,18,21-24,27-29,32-36,66H2,1-2H3,(H,68,76)(H,69,80)(H,72,77)(H,73,79)/t37-,43+,52+,53?/m1/s1. The summed E-state index contributed by atoms with van der Waals surface area (Å²) in [5.74, 6) is -5.26. The minimum Gasteiger partial charge on any atom is -0.480 e. The molecule has 0 aliphatic carbocycles. The number of ether oxygens (including phenoxy) is 3. The third-order valence-electron chi connectivity index (χ3n) is 15.3. The highest BCUT2D eigenvalue weighted by Crippen LogP contribution is 2.36. The summed E-state index contributed by atoms with van der Waals surface area (Å²) in [4.78, 5) is 108. The Morgan fingerprint density at radius 1 is 0.874 bits per heavy atom. The number of aryl methyl sites for hydroxylation is 2. The van der Waals surface area contributed by atoms with Crippen LogP contribution in [0.1, 0.15) is 73.4 Å². The molecule has 20 nitrogen and oxygen atoms in total. The molecule has 4 atom stereocenters. The number of amides is 6. The normalized spacial score (nSPS) is 17.1. The van der Waals surface area contributed by atoms with Gasteiger partial charge in [-0.15, -0.1) is 0 Å². The van der Waals surface area contributed by atoms with E-state index in [2.05, 4.69) is 58.8 Å². The Kier molecular flexibility index (Phi) is 21.9.